The summed E-state index contributed by atoms with van der Waals surface area (Å²) in [7, 11) is 0. The van der Waals surface area contributed by atoms with Crippen LogP contribution in [0.15, 0.2) is 35.4 Å². The summed E-state index contributed by atoms with van der Waals surface area (Å²) in [5.74, 6) is 0.337. The third-order valence-corrected chi connectivity index (χ3v) is 3.44. The molecule has 6 nitrogen and oxygen atoms in total. The van der Waals surface area contributed by atoms with Crippen molar-refractivity contribution in [1.29, 1.82) is 0 Å². The number of phenolic OH excluding ortho intramolecular Hbond substituents is 1. The number of rotatable bonds is 4. The van der Waals surface area contributed by atoms with Gasteiger partial charge in [-0.2, -0.15) is 10.2 Å². The van der Waals surface area contributed by atoms with E-state index in [1.165, 1.54) is 0 Å². The number of H-pyrrole nitrogens is 1. The van der Waals surface area contributed by atoms with Gasteiger partial charge in [0, 0.05) is 17.2 Å². The van der Waals surface area contributed by atoms with Crippen molar-refractivity contribution < 1.29 is 9.90 Å². The van der Waals surface area contributed by atoms with Crippen LogP contribution in [-0.2, 0) is 0 Å². The zero-order valence-electron chi connectivity index (χ0n) is 11.6. The Morgan fingerprint density at radius 1 is 1.43 bits per heavy atom. The first-order chi connectivity index (χ1) is 10.1. The number of carbonyl (C=O) groups is 1. The van der Waals surface area contributed by atoms with Crippen LogP contribution in [0.5, 0.6) is 5.75 Å². The second-order valence-corrected chi connectivity index (χ2v) is 5.17. The molecule has 1 fully saturated rings. The smallest absolute Gasteiger partial charge is 0.291 e. The van der Waals surface area contributed by atoms with Gasteiger partial charge in [0.15, 0.2) is 5.69 Å². The van der Waals surface area contributed by atoms with Crippen LogP contribution < -0.4 is 5.43 Å². The monoisotopic (exact) mass is 284 g/mol. The number of aromatic amines is 1. The second-order valence-electron chi connectivity index (χ2n) is 5.17. The van der Waals surface area contributed by atoms with Gasteiger partial charge < -0.3 is 5.11 Å². The first kappa shape index (κ1) is 13.4. The fourth-order valence-corrected chi connectivity index (χ4v) is 2.04. The normalized spacial score (nSPS) is 15.0. The number of aromatic nitrogens is 2. The average Bonchev–Trinajstić information content (AvgIpc) is 3.22. The van der Waals surface area contributed by atoms with E-state index in [1.54, 1.807) is 31.2 Å². The molecular formula is C15H16N4O2. The number of hydrogen-bond acceptors (Lipinski definition) is 4. The van der Waals surface area contributed by atoms with Crippen LogP contribution in [0.4, 0.5) is 0 Å². The molecule has 0 aliphatic heterocycles. The van der Waals surface area contributed by atoms with Crippen molar-refractivity contribution in [3.63, 3.8) is 0 Å². The number of carbonyl (C=O) groups excluding carboxylic acids is 1. The van der Waals surface area contributed by atoms with Crippen LogP contribution in [0.3, 0.4) is 0 Å². The predicted octanol–water partition coefficient (Wildman–Crippen LogP) is 2.15. The zero-order valence-corrected chi connectivity index (χ0v) is 11.6. The van der Waals surface area contributed by atoms with E-state index in [9.17, 15) is 9.90 Å². The van der Waals surface area contributed by atoms with E-state index in [4.69, 9.17) is 0 Å². The van der Waals surface area contributed by atoms with Gasteiger partial charge in [-0.05, 0) is 38.0 Å². The molecular weight excluding hydrogens is 268 g/mol. The standard InChI is InChI=1S/C15H16N4O2/c1-9(11-3-2-4-12(20)7-11)16-19-15(21)14-8-13(17-18-14)10-5-6-10/h2-4,7-8,10,20H,5-6H2,1H3,(H,17,18)(H,19,21). The third-order valence-electron chi connectivity index (χ3n) is 3.44. The lowest BCUT2D eigenvalue weighted by atomic mass is 10.1. The lowest BCUT2D eigenvalue weighted by molar-refractivity contribution is 0.0950. The molecule has 0 unspecified atom stereocenters. The Balaban J connectivity index is 1.67. The fourth-order valence-electron chi connectivity index (χ4n) is 2.04. The summed E-state index contributed by atoms with van der Waals surface area (Å²) in [5.41, 5.74) is 5.17. The summed E-state index contributed by atoms with van der Waals surface area (Å²) in [6, 6.07) is 8.47. The van der Waals surface area contributed by atoms with Crippen LogP contribution in [0, 0.1) is 0 Å². The molecule has 21 heavy (non-hydrogen) atoms. The number of hydrazone groups is 1. The van der Waals surface area contributed by atoms with Crippen molar-refractivity contribution in [2.75, 3.05) is 0 Å². The molecule has 0 spiro atoms. The van der Waals surface area contributed by atoms with Crippen molar-refractivity contribution in [3.8, 4) is 5.75 Å². The zero-order chi connectivity index (χ0) is 14.8. The lowest BCUT2D eigenvalue weighted by Gasteiger charge is -2.02. The number of nitrogens with zero attached hydrogens (tertiary/aromatic N) is 2. The molecule has 1 aliphatic carbocycles. The number of aromatic hydroxyl groups is 1. The van der Waals surface area contributed by atoms with Crippen molar-refractivity contribution in [3.05, 3.63) is 47.3 Å². The van der Waals surface area contributed by atoms with Gasteiger partial charge in [0.2, 0.25) is 0 Å². The van der Waals surface area contributed by atoms with Crippen molar-refractivity contribution in [2.45, 2.75) is 25.7 Å². The van der Waals surface area contributed by atoms with Gasteiger partial charge in [0.1, 0.15) is 5.75 Å². The number of hydrogen-bond donors (Lipinski definition) is 3. The van der Waals surface area contributed by atoms with Crippen LogP contribution in [-0.4, -0.2) is 26.9 Å². The lowest BCUT2D eigenvalue weighted by Crippen LogP contribution is -2.19. The molecule has 1 saturated carbocycles. The summed E-state index contributed by atoms with van der Waals surface area (Å²) in [5, 5.41) is 20.3. The minimum Gasteiger partial charge on any atom is -0.508 e. The van der Waals surface area contributed by atoms with Crippen molar-refractivity contribution >= 4 is 11.6 Å². The van der Waals surface area contributed by atoms with Gasteiger partial charge in [-0.1, -0.05) is 12.1 Å². The van der Waals surface area contributed by atoms with Crippen molar-refractivity contribution in [1.82, 2.24) is 15.6 Å². The van der Waals surface area contributed by atoms with Crippen LogP contribution in [0.1, 0.15) is 47.4 Å². The molecule has 6 heteroatoms. The van der Waals surface area contributed by atoms with E-state index in [0.717, 1.165) is 24.1 Å². The summed E-state index contributed by atoms with van der Waals surface area (Å²) < 4.78 is 0. The molecule has 3 N–H and O–H groups in total. The van der Waals surface area contributed by atoms with Gasteiger partial charge in [0.05, 0.1) is 5.71 Å². The molecule has 1 amide bonds. The largest absolute Gasteiger partial charge is 0.508 e. The molecule has 0 radical (unpaired) electrons. The second kappa shape index (κ2) is 5.40. The maximum absolute atomic E-state index is 12.0. The number of benzene rings is 1. The maximum atomic E-state index is 12.0. The minimum absolute atomic E-state index is 0.162. The van der Waals surface area contributed by atoms with Crippen LogP contribution in [0.2, 0.25) is 0 Å². The van der Waals surface area contributed by atoms with E-state index in [2.05, 4.69) is 20.7 Å². The molecule has 0 saturated heterocycles. The molecule has 1 aliphatic rings. The van der Waals surface area contributed by atoms with Crippen molar-refractivity contribution in [2.24, 2.45) is 5.10 Å². The summed E-state index contributed by atoms with van der Waals surface area (Å²) >= 11 is 0. The van der Waals surface area contributed by atoms with E-state index < -0.39 is 0 Å². The van der Waals surface area contributed by atoms with Gasteiger partial charge in [-0.25, -0.2) is 5.43 Å². The Hall–Kier alpha value is -2.63. The Labute approximate surface area is 121 Å². The summed E-state index contributed by atoms with van der Waals surface area (Å²) in [4.78, 5) is 12.0. The SMILES string of the molecule is CC(=NNC(=O)c1cc(C2CC2)[nH]n1)c1cccc(O)c1. The highest BCUT2D eigenvalue weighted by molar-refractivity contribution is 6.00. The predicted molar refractivity (Wildman–Crippen MR) is 78.3 cm³/mol. The fraction of sp³-hybridized carbons (Fsp3) is 0.267. The number of phenols is 1. The van der Waals surface area contributed by atoms with Gasteiger partial charge >= 0.3 is 0 Å². The highest BCUT2D eigenvalue weighted by Gasteiger charge is 2.26. The molecule has 2 aromatic rings. The quantitative estimate of drug-likeness (QED) is 0.593. The first-order valence-corrected chi connectivity index (χ1v) is 6.83. The third kappa shape index (κ3) is 3.10. The minimum atomic E-state index is -0.349. The summed E-state index contributed by atoms with van der Waals surface area (Å²) in [6.45, 7) is 1.76. The topological polar surface area (TPSA) is 90.4 Å². The van der Waals surface area contributed by atoms with Crippen LogP contribution >= 0.6 is 0 Å². The summed E-state index contributed by atoms with van der Waals surface area (Å²) in [6.07, 6.45) is 2.30. The highest BCUT2D eigenvalue weighted by atomic mass is 16.3. The highest BCUT2D eigenvalue weighted by Crippen LogP contribution is 2.38. The number of amides is 1. The number of nitrogens with one attached hydrogen (secondary N) is 2. The Morgan fingerprint density at radius 2 is 2.24 bits per heavy atom. The first-order valence-electron chi connectivity index (χ1n) is 6.83. The Bertz CT molecular complexity index is 701. The van der Waals surface area contributed by atoms with Gasteiger partial charge in [-0.3, -0.25) is 9.89 Å². The average molecular weight is 284 g/mol. The molecule has 1 heterocycles. The molecule has 1 aromatic heterocycles. The molecule has 1 aromatic carbocycles. The van der Waals surface area contributed by atoms with E-state index >= 15 is 0 Å². The Kier molecular flexibility index (Phi) is 3.43. The van der Waals surface area contributed by atoms with E-state index in [1.807, 2.05) is 6.07 Å². The molecule has 0 atom stereocenters. The van der Waals surface area contributed by atoms with Gasteiger partial charge in [-0.15, -0.1) is 0 Å². The van der Waals surface area contributed by atoms with Crippen LogP contribution in [0.25, 0.3) is 0 Å². The van der Waals surface area contributed by atoms with E-state index in [0.29, 0.717) is 17.3 Å². The Morgan fingerprint density at radius 3 is 2.95 bits per heavy atom. The molecule has 0 bridgehead atoms. The van der Waals surface area contributed by atoms with E-state index in [-0.39, 0.29) is 11.7 Å². The maximum Gasteiger partial charge on any atom is 0.291 e. The molecule has 3 rings (SSSR count). The van der Waals surface area contributed by atoms with Gasteiger partial charge in [0.25, 0.3) is 5.91 Å². The molecule has 108 valence electrons.